The average Bonchev–Trinajstić information content (AvgIpc) is 2.90. The molecule has 3 N–H and O–H groups in total. The molecule has 1 aromatic heterocycles. The van der Waals surface area contributed by atoms with E-state index in [1.807, 2.05) is 24.3 Å². The molecule has 2 aromatic rings. The van der Waals surface area contributed by atoms with Crippen molar-refractivity contribution < 1.29 is 9.90 Å². The molecule has 1 aliphatic carbocycles. The van der Waals surface area contributed by atoms with Crippen LogP contribution in [-0.2, 0) is 0 Å². The minimum Gasteiger partial charge on any atom is -0.393 e. The summed E-state index contributed by atoms with van der Waals surface area (Å²) in [7, 11) is 0. The predicted molar refractivity (Wildman–Crippen MR) is 78.6 cm³/mol. The summed E-state index contributed by atoms with van der Waals surface area (Å²) in [4.78, 5) is 15.4. The average molecular weight is 272 g/mol. The predicted octanol–water partition coefficient (Wildman–Crippen LogP) is 2.45. The molecule has 20 heavy (non-hydrogen) atoms. The number of amides is 1. The first kappa shape index (κ1) is 13.2. The zero-order valence-corrected chi connectivity index (χ0v) is 11.4. The van der Waals surface area contributed by atoms with Gasteiger partial charge in [0, 0.05) is 29.6 Å². The van der Waals surface area contributed by atoms with Crippen molar-refractivity contribution in [3.8, 4) is 0 Å². The molecule has 1 heterocycles. The van der Waals surface area contributed by atoms with Crippen LogP contribution in [-0.4, -0.2) is 28.6 Å². The van der Waals surface area contributed by atoms with Gasteiger partial charge in [-0.3, -0.25) is 4.79 Å². The van der Waals surface area contributed by atoms with Crippen molar-refractivity contribution in [3.05, 3.63) is 36.0 Å². The fourth-order valence-electron chi connectivity index (χ4n) is 3.00. The standard InChI is InChI=1S/C16H20N2O2/c19-15-8-4-1-5-11(15)9-18-16(20)13-10-17-14-7-3-2-6-12(13)14/h2-3,6-7,10-11,15,17,19H,1,4-5,8-9H2,(H,18,20). The number of carbonyl (C=O) groups is 1. The monoisotopic (exact) mass is 272 g/mol. The Kier molecular flexibility index (Phi) is 3.74. The van der Waals surface area contributed by atoms with Crippen molar-refractivity contribution in [2.45, 2.75) is 31.8 Å². The highest BCUT2D eigenvalue weighted by atomic mass is 16.3. The van der Waals surface area contributed by atoms with Crippen LogP contribution in [0.15, 0.2) is 30.5 Å². The van der Waals surface area contributed by atoms with Gasteiger partial charge in [-0.05, 0) is 18.9 Å². The highest BCUT2D eigenvalue weighted by molar-refractivity contribution is 6.06. The van der Waals surface area contributed by atoms with Gasteiger partial charge in [-0.1, -0.05) is 31.0 Å². The number of H-pyrrole nitrogens is 1. The summed E-state index contributed by atoms with van der Waals surface area (Å²) in [5.41, 5.74) is 1.64. The Labute approximate surface area is 118 Å². The van der Waals surface area contributed by atoms with Crippen molar-refractivity contribution in [2.24, 2.45) is 5.92 Å². The van der Waals surface area contributed by atoms with Crippen LogP contribution in [0.2, 0.25) is 0 Å². The van der Waals surface area contributed by atoms with Crippen LogP contribution in [0, 0.1) is 5.92 Å². The summed E-state index contributed by atoms with van der Waals surface area (Å²) < 4.78 is 0. The van der Waals surface area contributed by atoms with Crippen LogP contribution in [0.1, 0.15) is 36.0 Å². The summed E-state index contributed by atoms with van der Waals surface area (Å²) in [6, 6.07) is 7.77. The van der Waals surface area contributed by atoms with Gasteiger partial charge in [-0.15, -0.1) is 0 Å². The smallest absolute Gasteiger partial charge is 0.253 e. The lowest BCUT2D eigenvalue weighted by Crippen LogP contribution is -2.36. The minimum atomic E-state index is -0.271. The summed E-state index contributed by atoms with van der Waals surface area (Å²) in [5, 5.41) is 13.8. The van der Waals surface area contributed by atoms with E-state index in [4.69, 9.17) is 0 Å². The van der Waals surface area contributed by atoms with Crippen LogP contribution in [0.5, 0.6) is 0 Å². The molecule has 2 atom stereocenters. The van der Waals surface area contributed by atoms with Crippen LogP contribution >= 0.6 is 0 Å². The number of benzene rings is 1. The Bertz CT molecular complexity index is 605. The Morgan fingerprint density at radius 1 is 1.30 bits per heavy atom. The molecule has 0 radical (unpaired) electrons. The molecule has 2 unspecified atom stereocenters. The normalized spacial score (nSPS) is 22.9. The summed E-state index contributed by atoms with van der Waals surface area (Å²) in [6.07, 6.45) is 5.56. The summed E-state index contributed by atoms with van der Waals surface area (Å²) in [6.45, 7) is 0.555. The number of fused-ring (bicyclic) bond motifs is 1. The Morgan fingerprint density at radius 2 is 2.10 bits per heavy atom. The number of rotatable bonds is 3. The van der Waals surface area contributed by atoms with Crippen LogP contribution in [0.3, 0.4) is 0 Å². The fraction of sp³-hybridized carbons (Fsp3) is 0.438. The van der Waals surface area contributed by atoms with Gasteiger partial charge in [0.2, 0.25) is 0 Å². The number of aromatic amines is 1. The summed E-state index contributed by atoms with van der Waals surface area (Å²) in [5.74, 6) is 0.123. The number of aromatic nitrogens is 1. The quantitative estimate of drug-likeness (QED) is 0.803. The van der Waals surface area contributed by atoms with E-state index < -0.39 is 0 Å². The van der Waals surface area contributed by atoms with Crippen LogP contribution < -0.4 is 5.32 Å². The molecule has 1 aliphatic rings. The molecule has 4 nitrogen and oxygen atoms in total. The summed E-state index contributed by atoms with van der Waals surface area (Å²) >= 11 is 0. The van der Waals surface area contributed by atoms with Gasteiger partial charge in [0.25, 0.3) is 5.91 Å². The molecule has 1 aromatic carbocycles. The van der Waals surface area contributed by atoms with Crippen molar-refractivity contribution in [2.75, 3.05) is 6.54 Å². The number of aliphatic hydroxyl groups excluding tert-OH is 1. The zero-order valence-electron chi connectivity index (χ0n) is 11.4. The molecular formula is C16H20N2O2. The van der Waals surface area contributed by atoms with Crippen LogP contribution in [0.4, 0.5) is 0 Å². The number of hydrogen-bond donors (Lipinski definition) is 3. The molecule has 1 fully saturated rings. The molecule has 0 aliphatic heterocycles. The van der Waals surface area contributed by atoms with Crippen molar-refractivity contribution in [1.82, 2.24) is 10.3 Å². The van der Waals surface area contributed by atoms with Gasteiger partial charge in [0.1, 0.15) is 0 Å². The van der Waals surface area contributed by atoms with Crippen molar-refractivity contribution in [3.63, 3.8) is 0 Å². The first-order chi connectivity index (χ1) is 9.75. The molecule has 0 bridgehead atoms. The van der Waals surface area contributed by atoms with E-state index in [1.165, 1.54) is 0 Å². The fourth-order valence-corrected chi connectivity index (χ4v) is 3.00. The van der Waals surface area contributed by atoms with E-state index in [1.54, 1.807) is 6.20 Å². The second-order valence-electron chi connectivity index (χ2n) is 5.57. The molecule has 106 valence electrons. The van der Waals surface area contributed by atoms with E-state index >= 15 is 0 Å². The third-order valence-electron chi connectivity index (χ3n) is 4.23. The maximum absolute atomic E-state index is 12.3. The highest BCUT2D eigenvalue weighted by Crippen LogP contribution is 2.24. The van der Waals surface area contributed by atoms with Gasteiger partial charge in [0.05, 0.1) is 11.7 Å². The topological polar surface area (TPSA) is 65.1 Å². The third kappa shape index (κ3) is 2.56. The zero-order chi connectivity index (χ0) is 13.9. The number of hydrogen-bond acceptors (Lipinski definition) is 2. The van der Waals surface area contributed by atoms with Gasteiger partial charge < -0.3 is 15.4 Å². The molecule has 0 spiro atoms. The Balaban J connectivity index is 1.67. The van der Waals surface area contributed by atoms with Crippen LogP contribution in [0.25, 0.3) is 10.9 Å². The SMILES string of the molecule is O=C(NCC1CCCCC1O)c1c[nH]c2ccccc12. The largest absolute Gasteiger partial charge is 0.393 e. The van der Waals surface area contributed by atoms with Crippen molar-refractivity contribution >= 4 is 16.8 Å². The van der Waals surface area contributed by atoms with E-state index in [9.17, 15) is 9.90 Å². The highest BCUT2D eigenvalue weighted by Gasteiger charge is 2.23. The number of para-hydroxylation sites is 1. The maximum atomic E-state index is 12.3. The number of aliphatic hydroxyl groups is 1. The number of carbonyl (C=O) groups excluding carboxylic acids is 1. The van der Waals surface area contributed by atoms with E-state index in [0.717, 1.165) is 36.6 Å². The van der Waals surface area contributed by atoms with E-state index in [-0.39, 0.29) is 17.9 Å². The number of nitrogens with one attached hydrogen (secondary N) is 2. The van der Waals surface area contributed by atoms with Gasteiger partial charge in [0.15, 0.2) is 0 Å². The molecule has 0 saturated heterocycles. The second-order valence-corrected chi connectivity index (χ2v) is 5.57. The molecule has 1 saturated carbocycles. The first-order valence-electron chi connectivity index (χ1n) is 7.28. The lowest BCUT2D eigenvalue weighted by Gasteiger charge is -2.27. The Morgan fingerprint density at radius 3 is 2.95 bits per heavy atom. The lowest BCUT2D eigenvalue weighted by molar-refractivity contribution is 0.0663. The van der Waals surface area contributed by atoms with E-state index in [0.29, 0.717) is 12.1 Å². The Hall–Kier alpha value is -1.81. The minimum absolute atomic E-state index is 0.0692. The molecule has 3 rings (SSSR count). The molecular weight excluding hydrogens is 252 g/mol. The third-order valence-corrected chi connectivity index (χ3v) is 4.23. The lowest BCUT2D eigenvalue weighted by atomic mass is 9.86. The second kappa shape index (κ2) is 5.67. The maximum Gasteiger partial charge on any atom is 0.253 e. The molecule has 1 amide bonds. The van der Waals surface area contributed by atoms with Gasteiger partial charge in [-0.25, -0.2) is 0 Å². The molecule has 4 heteroatoms. The van der Waals surface area contributed by atoms with Gasteiger partial charge >= 0.3 is 0 Å². The van der Waals surface area contributed by atoms with Gasteiger partial charge in [-0.2, -0.15) is 0 Å². The van der Waals surface area contributed by atoms with E-state index in [2.05, 4.69) is 10.3 Å². The van der Waals surface area contributed by atoms with Crippen molar-refractivity contribution in [1.29, 1.82) is 0 Å². The first-order valence-corrected chi connectivity index (χ1v) is 7.28.